The summed E-state index contributed by atoms with van der Waals surface area (Å²) in [6, 6.07) is 0.539. The lowest BCUT2D eigenvalue weighted by molar-refractivity contribution is -0.131. The minimum absolute atomic E-state index is 0.214. The molecule has 0 radical (unpaired) electrons. The Bertz CT molecular complexity index is 186. The Morgan fingerprint density at radius 3 is 2.77 bits per heavy atom. The van der Waals surface area contributed by atoms with Crippen LogP contribution in [0.1, 0.15) is 13.3 Å². The van der Waals surface area contributed by atoms with Gasteiger partial charge in [-0.25, -0.2) is 0 Å². The number of nitrogens with zero attached hydrogens (tertiary/aromatic N) is 2. The second kappa shape index (κ2) is 4.96. The molecule has 0 saturated carbocycles. The van der Waals surface area contributed by atoms with Gasteiger partial charge in [0.2, 0.25) is 5.91 Å². The van der Waals surface area contributed by atoms with Crippen molar-refractivity contribution in [3.05, 3.63) is 0 Å². The van der Waals surface area contributed by atoms with Crippen LogP contribution in [0.25, 0.3) is 0 Å². The molecule has 4 heteroatoms. The molecule has 1 unspecified atom stereocenters. The molecule has 0 N–H and O–H groups in total. The maximum absolute atomic E-state index is 11.4. The van der Waals surface area contributed by atoms with E-state index in [0.29, 0.717) is 11.4 Å². The molecule has 0 aliphatic carbocycles. The first-order valence-corrected chi connectivity index (χ1v) is 5.85. The number of likely N-dealkylation sites (N-methyl/N-ethyl adjacent to an activating group) is 1. The van der Waals surface area contributed by atoms with Crippen LogP contribution in [0, 0.1) is 0 Å². The van der Waals surface area contributed by atoms with Gasteiger partial charge in [0.25, 0.3) is 0 Å². The van der Waals surface area contributed by atoms with Gasteiger partial charge in [0.1, 0.15) is 0 Å². The summed E-state index contributed by atoms with van der Waals surface area (Å²) < 4.78 is 0. The van der Waals surface area contributed by atoms with E-state index in [2.05, 4.69) is 34.8 Å². The predicted molar refractivity (Wildman–Crippen MR) is 57.1 cm³/mol. The molecule has 0 aromatic heterocycles. The zero-order chi connectivity index (χ0) is 9.84. The first-order valence-electron chi connectivity index (χ1n) is 4.73. The Morgan fingerprint density at radius 2 is 2.23 bits per heavy atom. The quantitative estimate of drug-likeness (QED) is 0.680. The van der Waals surface area contributed by atoms with Crippen molar-refractivity contribution in [3.63, 3.8) is 0 Å². The number of hydrogen-bond donors (Lipinski definition) is 0. The van der Waals surface area contributed by atoms with Crippen molar-refractivity contribution in [2.24, 2.45) is 0 Å². The molecule has 3 nitrogen and oxygen atoms in total. The number of rotatable bonds is 2. The number of alkyl halides is 1. The third-order valence-corrected chi connectivity index (χ3v) is 3.20. The SMILES string of the molecule is CCC1CN(C(=O)CBr)CCN1C. The molecule has 1 rings (SSSR count). The molecule has 0 spiro atoms. The highest BCUT2D eigenvalue weighted by Gasteiger charge is 2.24. The molecular formula is C9H17BrN2O. The molecule has 0 bridgehead atoms. The molecule has 1 saturated heterocycles. The topological polar surface area (TPSA) is 23.6 Å². The first kappa shape index (κ1) is 11.0. The largest absolute Gasteiger partial charge is 0.339 e. The molecule has 1 fully saturated rings. The van der Waals surface area contributed by atoms with E-state index in [1.54, 1.807) is 0 Å². The van der Waals surface area contributed by atoms with Crippen molar-refractivity contribution < 1.29 is 4.79 Å². The highest BCUT2D eigenvalue weighted by Crippen LogP contribution is 2.11. The molecule has 1 atom stereocenters. The molecule has 1 aliphatic rings. The Hall–Kier alpha value is -0.0900. The number of halogens is 1. The zero-order valence-electron chi connectivity index (χ0n) is 8.29. The van der Waals surface area contributed by atoms with Gasteiger partial charge in [0.15, 0.2) is 0 Å². The van der Waals surface area contributed by atoms with Crippen LogP contribution in [0.2, 0.25) is 0 Å². The molecule has 76 valence electrons. The van der Waals surface area contributed by atoms with Crippen molar-refractivity contribution in [2.45, 2.75) is 19.4 Å². The first-order chi connectivity index (χ1) is 6.19. The highest BCUT2D eigenvalue weighted by atomic mass is 79.9. The Balaban J connectivity index is 2.49. The van der Waals surface area contributed by atoms with E-state index in [9.17, 15) is 4.79 Å². The van der Waals surface area contributed by atoms with Gasteiger partial charge < -0.3 is 4.90 Å². The zero-order valence-corrected chi connectivity index (χ0v) is 9.88. The minimum atomic E-state index is 0.214. The maximum atomic E-state index is 11.4. The van der Waals surface area contributed by atoms with Crippen LogP contribution in [-0.4, -0.2) is 53.8 Å². The van der Waals surface area contributed by atoms with Crippen molar-refractivity contribution in [1.82, 2.24) is 9.80 Å². The van der Waals surface area contributed by atoms with Gasteiger partial charge in [-0.05, 0) is 13.5 Å². The Kier molecular flexibility index (Phi) is 4.19. The van der Waals surface area contributed by atoms with Crippen molar-refractivity contribution in [1.29, 1.82) is 0 Å². The van der Waals surface area contributed by atoms with Gasteiger partial charge in [-0.2, -0.15) is 0 Å². The normalized spacial score (nSPS) is 24.8. The van der Waals surface area contributed by atoms with E-state index in [1.165, 1.54) is 0 Å². The summed E-state index contributed by atoms with van der Waals surface area (Å²) in [5.74, 6) is 0.214. The Morgan fingerprint density at radius 1 is 1.54 bits per heavy atom. The van der Waals surface area contributed by atoms with Crippen LogP contribution in [0.3, 0.4) is 0 Å². The molecule has 0 aromatic carbocycles. The molecule has 1 aliphatic heterocycles. The summed E-state index contributed by atoms with van der Waals surface area (Å²) in [5.41, 5.74) is 0. The van der Waals surface area contributed by atoms with Gasteiger partial charge in [-0.15, -0.1) is 0 Å². The van der Waals surface area contributed by atoms with E-state index in [-0.39, 0.29) is 5.91 Å². The number of carbonyl (C=O) groups is 1. The van der Waals surface area contributed by atoms with Crippen LogP contribution in [0.15, 0.2) is 0 Å². The molecule has 0 aromatic rings. The average Bonchev–Trinajstić information content (AvgIpc) is 2.17. The molecular weight excluding hydrogens is 232 g/mol. The van der Waals surface area contributed by atoms with Crippen LogP contribution in [0.4, 0.5) is 0 Å². The summed E-state index contributed by atoms with van der Waals surface area (Å²) in [6.45, 7) is 4.93. The lowest BCUT2D eigenvalue weighted by Crippen LogP contribution is -2.53. The van der Waals surface area contributed by atoms with Crippen molar-refractivity contribution >= 4 is 21.8 Å². The maximum Gasteiger partial charge on any atom is 0.233 e. The lowest BCUT2D eigenvalue weighted by Gasteiger charge is -2.38. The lowest BCUT2D eigenvalue weighted by atomic mass is 10.1. The fourth-order valence-electron chi connectivity index (χ4n) is 1.70. The Labute approximate surface area is 88.2 Å². The van der Waals surface area contributed by atoms with Crippen LogP contribution >= 0.6 is 15.9 Å². The van der Waals surface area contributed by atoms with Gasteiger partial charge in [0, 0.05) is 25.7 Å². The van der Waals surface area contributed by atoms with Gasteiger partial charge in [-0.3, -0.25) is 9.69 Å². The molecule has 1 heterocycles. The van der Waals surface area contributed by atoms with E-state index in [0.717, 1.165) is 26.1 Å². The predicted octanol–water partition coefficient (Wildman–Crippen LogP) is 0.934. The molecule has 13 heavy (non-hydrogen) atoms. The number of carbonyl (C=O) groups excluding carboxylic acids is 1. The number of piperazine rings is 1. The summed E-state index contributed by atoms with van der Waals surface area (Å²) in [6.07, 6.45) is 1.11. The van der Waals surface area contributed by atoms with E-state index in [4.69, 9.17) is 0 Å². The molecule has 1 amide bonds. The summed E-state index contributed by atoms with van der Waals surface area (Å²) in [7, 11) is 2.13. The smallest absolute Gasteiger partial charge is 0.233 e. The summed E-state index contributed by atoms with van der Waals surface area (Å²) >= 11 is 3.20. The summed E-state index contributed by atoms with van der Waals surface area (Å²) in [5, 5.41) is 0.452. The monoisotopic (exact) mass is 248 g/mol. The number of hydrogen-bond acceptors (Lipinski definition) is 2. The van der Waals surface area contributed by atoms with Crippen LogP contribution in [0.5, 0.6) is 0 Å². The van der Waals surface area contributed by atoms with Crippen LogP contribution in [-0.2, 0) is 4.79 Å². The van der Waals surface area contributed by atoms with E-state index in [1.807, 2.05) is 4.90 Å². The van der Waals surface area contributed by atoms with Gasteiger partial charge >= 0.3 is 0 Å². The summed E-state index contributed by atoms with van der Waals surface area (Å²) in [4.78, 5) is 15.7. The van der Waals surface area contributed by atoms with Crippen molar-refractivity contribution in [2.75, 3.05) is 32.0 Å². The minimum Gasteiger partial charge on any atom is -0.339 e. The van der Waals surface area contributed by atoms with Gasteiger partial charge in [0.05, 0.1) is 5.33 Å². The fraction of sp³-hybridized carbons (Fsp3) is 0.889. The highest BCUT2D eigenvalue weighted by molar-refractivity contribution is 9.09. The third-order valence-electron chi connectivity index (χ3n) is 2.72. The third kappa shape index (κ3) is 2.68. The second-order valence-corrected chi connectivity index (χ2v) is 4.08. The second-order valence-electron chi connectivity index (χ2n) is 3.52. The fourth-order valence-corrected chi connectivity index (χ4v) is 2.05. The van der Waals surface area contributed by atoms with Crippen molar-refractivity contribution in [3.8, 4) is 0 Å². The number of amides is 1. The van der Waals surface area contributed by atoms with Gasteiger partial charge in [-0.1, -0.05) is 22.9 Å². The van der Waals surface area contributed by atoms with Crippen LogP contribution < -0.4 is 0 Å². The van der Waals surface area contributed by atoms with E-state index < -0.39 is 0 Å². The van der Waals surface area contributed by atoms with E-state index >= 15 is 0 Å². The average molecular weight is 249 g/mol. The standard InChI is InChI=1S/C9H17BrN2O/c1-3-8-7-12(9(13)6-10)5-4-11(8)2/h8H,3-7H2,1-2H3.